The molecule has 0 heterocycles. The quantitative estimate of drug-likeness (QED) is 0.740. The van der Waals surface area contributed by atoms with Crippen molar-refractivity contribution in [2.24, 2.45) is 0 Å². The summed E-state index contributed by atoms with van der Waals surface area (Å²) < 4.78 is 5.85. The first kappa shape index (κ1) is 13.3. The van der Waals surface area contributed by atoms with Gasteiger partial charge in [-0.2, -0.15) is 0 Å². The van der Waals surface area contributed by atoms with E-state index in [-0.39, 0.29) is 5.78 Å². The van der Waals surface area contributed by atoms with Crippen LogP contribution in [0.3, 0.4) is 0 Å². The van der Waals surface area contributed by atoms with Crippen molar-refractivity contribution in [3.05, 3.63) is 59.2 Å². The first-order valence-corrected chi connectivity index (χ1v) is 6.48. The fraction of sp³-hybridized carbons (Fsp3) is 0.235. The number of carbonyl (C=O) groups excluding carboxylic acids is 1. The third kappa shape index (κ3) is 3.22. The second-order valence-electron chi connectivity index (χ2n) is 4.68. The second kappa shape index (κ2) is 5.70. The van der Waals surface area contributed by atoms with Gasteiger partial charge < -0.3 is 4.74 Å². The molecule has 0 N–H and O–H groups in total. The molecular formula is C17H18O2. The van der Waals surface area contributed by atoms with Crippen molar-refractivity contribution >= 4 is 5.78 Å². The number of hydrogen-bond acceptors (Lipinski definition) is 2. The third-order valence-electron chi connectivity index (χ3n) is 3.04. The molecule has 0 aliphatic rings. The molecular weight excluding hydrogens is 236 g/mol. The van der Waals surface area contributed by atoms with Gasteiger partial charge in [-0.15, -0.1) is 0 Å². The van der Waals surface area contributed by atoms with Gasteiger partial charge in [0.05, 0.1) is 0 Å². The Kier molecular flexibility index (Phi) is 4.00. The molecule has 0 aromatic heterocycles. The number of benzene rings is 2. The molecule has 0 unspecified atom stereocenters. The molecule has 0 aliphatic carbocycles. The maximum Gasteiger partial charge on any atom is 0.162 e. The van der Waals surface area contributed by atoms with E-state index in [1.54, 1.807) is 6.07 Å². The van der Waals surface area contributed by atoms with E-state index in [4.69, 9.17) is 4.74 Å². The lowest BCUT2D eigenvalue weighted by Crippen LogP contribution is -1.96. The summed E-state index contributed by atoms with van der Waals surface area (Å²) in [6.07, 6.45) is 0.507. The Hall–Kier alpha value is -2.09. The smallest absolute Gasteiger partial charge is 0.162 e. The zero-order valence-electron chi connectivity index (χ0n) is 11.6. The van der Waals surface area contributed by atoms with E-state index in [1.807, 2.05) is 44.2 Å². The Morgan fingerprint density at radius 1 is 1.11 bits per heavy atom. The lowest BCUT2D eigenvalue weighted by Gasteiger charge is -2.10. The highest BCUT2D eigenvalue weighted by molar-refractivity contribution is 5.96. The van der Waals surface area contributed by atoms with Crippen LogP contribution in [0.1, 0.15) is 34.8 Å². The molecule has 2 nitrogen and oxygen atoms in total. The van der Waals surface area contributed by atoms with Gasteiger partial charge in [-0.05, 0) is 37.6 Å². The number of aryl methyl sites for hydroxylation is 2. The molecule has 0 saturated heterocycles. The summed E-state index contributed by atoms with van der Waals surface area (Å²) in [6, 6.07) is 13.4. The van der Waals surface area contributed by atoms with Crippen LogP contribution < -0.4 is 4.74 Å². The minimum absolute atomic E-state index is 0.131. The zero-order valence-corrected chi connectivity index (χ0v) is 11.6. The summed E-state index contributed by atoms with van der Waals surface area (Å²) in [7, 11) is 0. The van der Waals surface area contributed by atoms with E-state index in [1.165, 1.54) is 5.56 Å². The minimum Gasteiger partial charge on any atom is -0.457 e. The van der Waals surface area contributed by atoms with Crippen LogP contribution in [0.5, 0.6) is 11.5 Å². The maximum absolute atomic E-state index is 11.7. The van der Waals surface area contributed by atoms with Gasteiger partial charge >= 0.3 is 0 Å². The third-order valence-corrected chi connectivity index (χ3v) is 3.04. The van der Waals surface area contributed by atoms with Crippen LogP contribution in [0, 0.1) is 13.8 Å². The monoisotopic (exact) mass is 254 g/mol. The SMILES string of the molecule is CCC(=O)c1cccc(Oc2ccc(C)cc2C)c1. The molecule has 0 radical (unpaired) electrons. The predicted octanol–water partition coefficient (Wildman–Crippen LogP) is 4.69. The largest absolute Gasteiger partial charge is 0.457 e. The lowest BCUT2D eigenvalue weighted by molar-refractivity contribution is 0.0988. The first-order valence-electron chi connectivity index (χ1n) is 6.48. The van der Waals surface area contributed by atoms with E-state index >= 15 is 0 Å². The number of rotatable bonds is 4. The van der Waals surface area contributed by atoms with Gasteiger partial charge in [-0.1, -0.05) is 36.8 Å². The molecule has 0 aliphatic heterocycles. The molecule has 2 aromatic carbocycles. The van der Waals surface area contributed by atoms with Crippen LogP contribution in [-0.2, 0) is 0 Å². The summed E-state index contributed by atoms with van der Waals surface area (Å²) >= 11 is 0. The van der Waals surface area contributed by atoms with Gasteiger partial charge in [0, 0.05) is 12.0 Å². The lowest BCUT2D eigenvalue weighted by atomic mass is 10.1. The molecule has 0 atom stereocenters. The molecule has 0 bridgehead atoms. The Morgan fingerprint density at radius 3 is 2.58 bits per heavy atom. The van der Waals surface area contributed by atoms with Crippen LogP contribution in [-0.4, -0.2) is 5.78 Å². The molecule has 2 rings (SSSR count). The molecule has 19 heavy (non-hydrogen) atoms. The van der Waals surface area contributed by atoms with E-state index in [2.05, 4.69) is 13.0 Å². The number of Topliss-reactive ketones (excluding diaryl/α,β-unsaturated/α-hetero) is 1. The van der Waals surface area contributed by atoms with Crippen LogP contribution in [0.2, 0.25) is 0 Å². The van der Waals surface area contributed by atoms with Gasteiger partial charge in [-0.3, -0.25) is 4.79 Å². The molecule has 98 valence electrons. The van der Waals surface area contributed by atoms with Crippen molar-refractivity contribution in [1.82, 2.24) is 0 Å². The number of hydrogen-bond donors (Lipinski definition) is 0. The fourth-order valence-electron chi connectivity index (χ4n) is 1.98. The minimum atomic E-state index is 0.131. The van der Waals surface area contributed by atoms with Crippen molar-refractivity contribution in [2.45, 2.75) is 27.2 Å². The average Bonchev–Trinajstić information content (AvgIpc) is 2.41. The number of ketones is 1. The molecule has 0 saturated carbocycles. The zero-order chi connectivity index (χ0) is 13.8. The van der Waals surface area contributed by atoms with E-state index in [9.17, 15) is 4.79 Å². The second-order valence-corrected chi connectivity index (χ2v) is 4.68. The molecule has 0 amide bonds. The highest BCUT2D eigenvalue weighted by Crippen LogP contribution is 2.26. The van der Waals surface area contributed by atoms with Gasteiger partial charge in [-0.25, -0.2) is 0 Å². The summed E-state index contributed by atoms with van der Waals surface area (Å²) in [6.45, 7) is 5.93. The summed E-state index contributed by atoms with van der Waals surface area (Å²) in [5, 5.41) is 0. The summed E-state index contributed by atoms with van der Waals surface area (Å²) in [4.78, 5) is 11.7. The van der Waals surface area contributed by atoms with Crippen molar-refractivity contribution < 1.29 is 9.53 Å². The van der Waals surface area contributed by atoms with Crippen molar-refractivity contribution in [2.75, 3.05) is 0 Å². The Bertz CT molecular complexity index is 600. The highest BCUT2D eigenvalue weighted by atomic mass is 16.5. The normalized spacial score (nSPS) is 10.3. The Morgan fingerprint density at radius 2 is 1.89 bits per heavy atom. The predicted molar refractivity (Wildman–Crippen MR) is 77.1 cm³/mol. The summed E-state index contributed by atoms with van der Waals surface area (Å²) in [5.41, 5.74) is 3.00. The van der Waals surface area contributed by atoms with Crippen molar-refractivity contribution in [3.8, 4) is 11.5 Å². The van der Waals surface area contributed by atoms with Gasteiger partial charge in [0.25, 0.3) is 0 Å². The van der Waals surface area contributed by atoms with Gasteiger partial charge in [0.15, 0.2) is 5.78 Å². The molecule has 0 fully saturated rings. The van der Waals surface area contributed by atoms with E-state index < -0.39 is 0 Å². The highest BCUT2D eigenvalue weighted by Gasteiger charge is 2.06. The van der Waals surface area contributed by atoms with Gasteiger partial charge in [0.1, 0.15) is 11.5 Å². The molecule has 2 aromatic rings. The van der Waals surface area contributed by atoms with Crippen LogP contribution >= 0.6 is 0 Å². The Labute approximate surface area is 114 Å². The van der Waals surface area contributed by atoms with Crippen molar-refractivity contribution in [1.29, 1.82) is 0 Å². The number of ether oxygens (including phenoxy) is 1. The van der Waals surface area contributed by atoms with E-state index in [0.29, 0.717) is 17.7 Å². The van der Waals surface area contributed by atoms with Crippen LogP contribution in [0.15, 0.2) is 42.5 Å². The molecule has 2 heteroatoms. The first-order chi connectivity index (χ1) is 9.10. The fourth-order valence-corrected chi connectivity index (χ4v) is 1.98. The standard InChI is InChI=1S/C17H18O2/c1-4-16(18)14-6-5-7-15(11-14)19-17-9-8-12(2)10-13(17)3/h5-11H,4H2,1-3H3. The topological polar surface area (TPSA) is 26.3 Å². The van der Waals surface area contributed by atoms with Crippen LogP contribution in [0.4, 0.5) is 0 Å². The van der Waals surface area contributed by atoms with Crippen LogP contribution in [0.25, 0.3) is 0 Å². The van der Waals surface area contributed by atoms with Gasteiger partial charge in [0.2, 0.25) is 0 Å². The average molecular weight is 254 g/mol. The Balaban J connectivity index is 2.26. The summed E-state index contributed by atoms with van der Waals surface area (Å²) in [5.74, 6) is 1.66. The van der Waals surface area contributed by atoms with E-state index in [0.717, 1.165) is 11.3 Å². The number of carbonyl (C=O) groups is 1. The molecule has 0 spiro atoms. The maximum atomic E-state index is 11.7. The van der Waals surface area contributed by atoms with Crippen molar-refractivity contribution in [3.63, 3.8) is 0 Å².